The van der Waals surface area contributed by atoms with Crippen molar-refractivity contribution in [2.75, 3.05) is 13.1 Å². The Labute approximate surface area is 134 Å². The van der Waals surface area contributed by atoms with E-state index in [1.165, 1.54) is 18.7 Å². The first-order valence-corrected chi connectivity index (χ1v) is 7.74. The average molecular weight is 340 g/mol. The summed E-state index contributed by atoms with van der Waals surface area (Å²) in [5.41, 5.74) is -1.93. The van der Waals surface area contributed by atoms with E-state index in [1.807, 2.05) is 0 Å². The Kier molecular flexibility index (Phi) is 5.96. The number of rotatable bonds is 5. The molecular formula is C15H27F3N2O3. The highest BCUT2D eigenvalue weighted by Gasteiger charge is 2.47. The van der Waals surface area contributed by atoms with Gasteiger partial charge < -0.3 is 15.5 Å². The summed E-state index contributed by atoms with van der Waals surface area (Å²) in [7, 11) is 0. The number of nitrogens with one attached hydrogen (secondary N) is 1. The minimum absolute atomic E-state index is 0.0343. The predicted octanol–water partition coefficient (Wildman–Crippen LogP) is 2.84. The first kappa shape index (κ1) is 20.0. The summed E-state index contributed by atoms with van der Waals surface area (Å²) in [5, 5.41) is 21.1. The van der Waals surface area contributed by atoms with Crippen LogP contribution in [-0.4, -0.2) is 57.7 Å². The van der Waals surface area contributed by atoms with Crippen molar-refractivity contribution in [1.82, 2.24) is 10.2 Å². The van der Waals surface area contributed by atoms with E-state index in [-0.39, 0.29) is 25.4 Å². The first-order chi connectivity index (χ1) is 10.2. The van der Waals surface area contributed by atoms with Gasteiger partial charge in [0.2, 0.25) is 0 Å². The number of likely N-dealkylation sites (tertiary alicyclic amines) is 1. The molecule has 0 saturated carbocycles. The predicted molar refractivity (Wildman–Crippen MR) is 80.3 cm³/mol. The lowest BCUT2D eigenvalue weighted by Crippen LogP contribution is -2.56. The SMILES string of the molecule is CC(C)(O)CN1CC(CC(C)(C)NC(=O)O)CCC1C(F)(F)F. The van der Waals surface area contributed by atoms with Gasteiger partial charge in [-0.15, -0.1) is 0 Å². The van der Waals surface area contributed by atoms with Crippen molar-refractivity contribution >= 4 is 6.09 Å². The van der Waals surface area contributed by atoms with Crippen LogP contribution in [0.15, 0.2) is 0 Å². The Morgan fingerprint density at radius 2 is 1.78 bits per heavy atom. The lowest BCUT2D eigenvalue weighted by atomic mass is 9.83. The van der Waals surface area contributed by atoms with Gasteiger partial charge in [0, 0.05) is 18.6 Å². The van der Waals surface area contributed by atoms with Gasteiger partial charge in [0.1, 0.15) is 6.04 Å². The second-order valence-corrected chi connectivity index (χ2v) is 7.76. The average Bonchev–Trinajstić information content (AvgIpc) is 2.21. The molecule has 136 valence electrons. The number of halogens is 3. The van der Waals surface area contributed by atoms with Gasteiger partial charge in [-0.1, -0.05) is 0 Å². The minimum Gasteiger partial charge on any atom is -0.465 e. The molecule has 1 rings (SSSR count). The normalized spacial score (nSPS) is 24.5. The molecule has 23 heavy (non-hydrogen) atoms. The molecule has 1 aliphatic heterocycles. The molecule has 1 fully saturated rings. The minimum atomic E-state index is -4.33. The number of aliphatic hydroxyl groups is 1. The van der Waals surface area contributed by atoms with E-state index in [9.17, 15) is 23.1 Å². The van der Waals surface area contributed by atoms with Crippen molar-refractivity contribution in [3.05, 3.63) is 0 Å². The van der Waals surface area contributed by atoms with Crippen molar-refractivity contribution in [3.63, 3.8) is 0 Å². The van der Waals surface area contributed by atoms with Crippen LogP contribution in [0.3, 0.4) is 0 Å². The van der Waals surface area contributed by atoms with Gasteiger partial charge in [0.05, 0.1) is 5.60 Å². The number of hydrogen-bond donors (Lipinski definition) is 3. The van der Waals surface area contributed by atoms with Gasteiger partial charge in [-0.2, -0.15) is 13.2 Å². The monoisotopic (exact) mass is 340 g/mol. The fourth-order valence-electron chi connectivity index (χ4n) is 3.40. The maximum Gasteiger partial charge on any atom is 0.405 e. The molecule has 0 bridgehead atoms. The molecule has 3 N–H and O–H groups in total. The zero-order valence-electron chi connectivity index (χ0n) is 14.1. The molecule has 0 aromatic carbocycles. The molecule has 2 unspecified atom stereocenters. The number of alkyl halides is 3. The quantitative estimate of drug-likeness (QED) is 0.720. The zero-order chi connectivity index (χ0) is 18.1. The highest BCUT2D eigenvalue weighted by molar-refractivity contribution is 5.65. The van der Waals surface area contributed by atoms with Crippen molar-refractivity contribution in [2.24, 2.45) is 5.92 Å². The van der Waals surface area contributed by atoms with Crippen molar-refractivity contribution in [1.29, 1.82) is 0 Å². The lowest BCUT2D eigenvalue weighted by Gasteiger charge is -2.44. The van der Waals surface area contributed by atoms with Crippen LogP contribution in [0.4, 0.5) is 18.0 Å². The third kappa shape index (κ3) is 6.95. The van der Waals surface area contributed by atoms with Crippen molar-refractivity contribution in [2.45, 2.75) is 70.3 Å². The lowest BCUT2D eigenvalue weighted by molar-refractivity contribution is -0.200. The van der Waals surface area contributed by atoms with Crippen molar-refractivity contribution < 1.29 is 28.2 Å². The summed E-state index contributed by atoms with van der Waals surface area (Å²) < 4.78 is 39.6. The van der Waals surface area contributed by atoms with Crippen LogP contribution < -0.4 is 5.32 Å². The van der Waals surface area contributed by atoms with Gasteiger partial charge in [-0.25, -0.2) is 4.79 Å². The van der Waals surface area contributed by atoms with Gasteiger partial charge >= 0.3 is 12.3 Å². The number of nitrogens with zero attached hydrogens (tertiary/aromatic N) is 1. The Morgan fingerprint density at radius 1 is 1.22 bits per heavy atom. The number of carbonyl (C=O) groups is 1. The zero-order valence-corrected chi connectivity index (χ0v) is 14.1. The molecule has 0 aromatic heterocycles. The number of piperidine rings is 1. The van der Waals surface area contributed by atoms with Crippen LogP contribution in [0.5, 0.6) is 0 Å². The summed E-state index contributed by atoms with van der Waals surface area (Å²) in [6.45, 7) is 6.54. The molecule has 1 heterocycles. The molecule has 0 spiro atoms. The fourth-order valence-corrected chi connectivity index (χ4v) is 3.40. The number of hydrogen-bond acceptors (Lipinski definition) is 3. The smallest absolute Gasteiger partial charge is 0.405 e. The number of amides is 1. The summed E-state index contributed by atoms with van der Waals surface area (Å²) in [4.78, 5) is 12.1. The Morgan fingerprint density at radius 3 is 2.22 bits per heavy atom. The second kappa shape index (κ2) is 6.84. The highest BCUT2D eigenvalue weighted by atomic mass is 19.4. The third-order valence-corrected chi connectivity index (χ3v) is 3.99. The van der Waals surface area contributed by atoms with E-state index >= 15 is 0 Å². The van der Waals surface area contributed by atoms with Crippen LogP contribution in [0, 0.1) is 5.92 Å². The van der Waals surface area contributed by atoms with E-state index in [0.29, 0.717) is 12.8 Å². The molecule has 0 radical (unpaired) electrons. The molecule has 1 saturated heterocycles. The van der Waals surface area contributed by atoms with E-state index in [0.717, 1.165) is 0 Å². The fraction of sp³-hybridized carbons (Fsp3) is 0.933. The molecule has 0 aromatic rings. The van der Waals surface area contributed by atoms with Gasteiger partial charge in [0.25, 0.3) is 0 Å². The van der Waals surface area contributed by atoms with Gasteiger partial charge in [0.15, 0.2) is 0 Å². The molecule has 5 nitrogen and oxygen atoms in total. The van der Waals surface area contributed by atoms with Crippen LogP contribution in [0.2, 0.25) is 0 Å². The van der Waals surface area contributed by atoms with Crippen molar-refractivity contribution in [3.8, 4) is 0 Å². The summed E-state index contributed by atoms with van der Waals surface area (Å²) in [6.07, 6.45) is -4.67. The Hall–Kier alpha value is -1.02. The summed E-state index contributed by atoms with van der Waals surface area (Å²) in [5.74, 6) is -0.0576. The maximum atomic E-state index is 13.2. The molecule has 1 amide bonds. The van der Waals surface area contributed by atoms with Crippen LogP contribution >= 0.6 is 0 Å². The summed E-state index contributed by atoms with van der Waals surface area (Å²) in [6, 6.07) is -1.55. The highest BCUT2D eigenvalue weighted by Crippen LogP contribution is 2.36. The number of β-amino-alcohol motifs (C(OH)–C–C–N with tert-alkyl or cyclic N) is 1. The third-order valence-electron chi connectivity index (χ3n) is 3.99. The van der Waals surface area contributed by atoms with E-state index in [4.69, 9.17) is 5.11 Å². The molecule has 1 aliphatic rings. The Bertz CT molecular complexity index is 419. The van der Waals surface area contributed by atoms with E-state index in [1.54, 1.807) is 13.8 Å². The molecule has 0 aliphatic carbocycles. The Balaban J connectivity index is 2.80. The van der Waals surface area contributed by atoms with Crippen LogP contribution in [0.25, 0.3) is 0 Å². The maximum absolute atomic E-state index is 13.2. The van der Waals surface area contributed by atoms with Gasteiger partial charge in [-0.05, 0) is 52.9 Å². The second-order valence-electron chi connectivity index (χ2n) is 7.76. The van der Waals surface area contributed by atoms with E-state index in [2.05, 4.69) is 5.32 Å². The van der Waals surface area contributed by atoms with Crippen LogP contribution in [0.1, 0.15) is 47.0 Å². The summed E-state index contributed by atoms with van der Waals surface area (Å²) >= 11 is 0. The largest absolute Gasteiger partial charge is 0.465 e. The molecule has 8 heteroatoms. The van der Waals surface area contributed by atoms with Crippen LogP contribution in [-0.2, 0) is 0 Å². The first-order valence-electron chi connectivity index (χ1n) is 7.74. The standard InChI is InChI=1S/C15H27F3N2O3/c1-13(2,19-12(21)22)7-10-5-6-11(15(16,17)18)20(8-10)9-14(3,4)23/h10-11,19,23H,5-9H2,1-4H3,(H,21,22). The molecular weight excluding hydrogens is 313 g/mol. The van der Waals surface area contributed by atoms with E-state index < -0.39 is 29.5 Å². The van der Waals surface area contributed by atoms with Gasteiger partial charge in [-0.3, -0.25) is 4.90 Å². The molecule has 2 atom stereocenters. The topological polar surface area (TPSA) is 72.8 Å². The number of carboxylic acid groups (broad SMARTS) is 1.